The van der Waals surface area contributed by atoms with E-state index in [4.69, 9.17) is 4.74 Å². The summed E-state index contributed by atoms with van der Waals surface area (Å²) in [6.07, 6.45) is 1.51. The number of piperazine rings is 1. The SMILES string of the molecule is O=C(c1csc2ccccc12)N1CCN(C(=O)[C@H]2CCCO2)CC1. The highest BCUT2D eigenvalue weighted by Gasteiger charge is 2.31. The van der Waals surface area contributed by atoms with Crippen molar-refractivity contribution in [3.05, 3.63) is 35.2 Å². The molecule has 2 fully saturated rings. The molecule has 1 aromatic heterocycles. The molecule has 24 heavy (non-hydrogen) atoms. The third-order valence-electron chi connectivity index (χ3n) is 4.80. The number of hydrogen-bond donors (Lipinski definition) is 0. The van der Waals surface area contributed by atoms with Crippen molar-refractivity contribution in [1.29, 1.82) is 0 Å². The highest BCUT2D eigenvalue weighted by molar-refractivity contribution is 7.17. The second-order valence-electron chi connectivity index (χ2n) is 6.26. The quantitative estimate of drug-likeness (QED) is 0.840. The van der Waals surface area contributed by atoms with Gasteiger partial charge in [0.1, 0.15) is 6.10 Å². The Kier molecular flexibility index (Phi) is 4.24. The Morgan fingerprint density at radius 2 is 1.83 bits per heavy atom. The molecule has 2 amide bonds. The number of benzene rings is 1. The van der Waals surface area contributed by atoms with E-state index >= 15 is 0 Å². The number of ether oxygens (including phenoxy) is 1. The van der Waals surface area contributed by atoms with Crippen LogP contribution >= 0.6 is 11.3 Å². The third kappa shape index (κ3) is 2.80. The van der Waals surface area contributed by atoms with Crippen LogP contribution in [0.15, 0.2) is 29.6 Å². The molecule has 3 heterocycles. The zero-order chi connectivity index (χ0) is 16.5. The molecule has 0 N–H and O–H groups in total. The van der Waals surface area contributed by atoms with Gasteiger partial charge in [-0.25, -0.2) is 0 Å². The average Bonchev–Trinajstić information content (AvgIpc) is 3.30. The molecular weight excluding hydrogens is 324 g/mol. The Labute approximate surface area is 144 Å². The summed E-state index contributed by atoms with van der Waals surface area (Å²) in [6.45, 7) is 3.03. The van der Waals surface area contributed by atoms with Crippen LogP contribution in [-0.2, 0) is 9.53 Å². The number of hydrogen-bond acceptors (Lipinski definition) is 4. The van der Waals surface area contributed by atoms with Gasteiger partial charge in [-0.15, -0.1) is 11.3 Å². The van der Waals surface area contributed by atoms with Gasteiger partial charge in [-0.2, -0.15) is 0 Å². The van der Waals surface area contributed by atoms with E-state index in [1.54, 1.807) is 11.3 Å². The lowest BCUT2D eigenvalue weighted by molar-refractivity contribution is -0.142. The maximum absolute atomic E-state index is 12.8. The molecule has 0 saturated carbocycles. The van der Waals surface area contributed by atoms with Crippen LogP contribution in [-0.4, -0.2) is 60.5 Å². The fourth-order valence-corrected chi connectivity index (χ4v) is 4.35. The third-order valence-corrected chi connectivity index (χ3v) is 5.76. The molecule has 1 atom stereocenters. The van der Waals surface area contributed by atoms with Crippen LogP contribution in [0.4, 0.5) is 0 Å². The number of carbonyl (C=O) groups is 2. The van der Waals surface area contributed by atoms with Gasteiger partial charge in [0.15, 0.2) is 0 Å². The van der Waals surface area contributed by atoms with Gasteiger partial charge >= 0.3 is 0 Å². The van der Waals surface area contributed by atoms with Gasteiger partial charge in [0.05, 0.1) is 5.56 Å². The van der Waals surface area contributed by atoms with Crippen LogP contribution in [0.25, 0.3) is 10.1 Å². The number of rotatable bonds is 2. The van der Waals surface area contributed by atoms with E-state index in [1.165, 1.54) is 0 Å². The predicted octanol–water partition coefficient (Wildman–Crippen LogP) is 2.36. The molecule has 4 rings (SSSR count). The standard InChI is InChI=1S/C18H20N2O3S/c21-17(14-12-24-16-6-2-1-4-13(14)16)19-7-9-20(10-8-19)18(22)15-5-3-11-23-15/h1-2,4,6,12,15H,3,5,7-11H2/t15-/m1/s1. The monoisotopic (exact) mass is 344 g/mol. The Morgan fingerprint density at radius 1 is 1.08 bits per heavy atom. The molecule has 0 unspecified atom stereocenters. The van der Waals surface area contributed by atoms with Crippen LogP contribution in [0, 0.1) is 0 Å². The minimum Gasteiger partial charge on any atom is -0.368 e. The minimum absolute atomic E-state index is 0.0664. The number of nitrogens with zero attached hydrogens (tertiary/aromatic N) is 2. The largest absolute Gasteiger partial charge is 0.368 e. The van der Waals surface area contributed by atoms with Crippen molar-refractivity contribution in [2.75, 3.05) is 32.8 Å². The summed E-state index contributed by atoms with van der Waals surface area (Å²) in [5, 5.41) is 2.96. The van der Waals surface area contributed by atoms with Crippen LogP contribution in [0.5, 0.6) is 0 Å². The van der Waals surface area contributed by atoms with E-state index < -0.39 is 0 Å². The average molecular weight is 344 g/mol. The van der Waals surface area contributed by atoms with Crippen LogP contribution < -0.4 is 0 Å². The number of thiophene rings is 1. The summed E-state index contributed by atoms with van der Waals surface area (Å²) in [7, 11) is 0. The lowest BCUT2D eigenvalue weighted by Crippen LogP contribution is -2.52. The lowest BCUT2D eigenvalue weighted by Gasteiger charge is -2.35. The predicted molar refractivity (Wildman–Crippen MR) is 93.3 cm³/mol. The summed E-state index contributed by atoms with van der Waals surface area (Å²) in [5.41, 5.74) is 0.773. The Hall–Kier alpha value is -1.92. The molecule has 5 nitrogen and oxygen atoms in total. The zero-order valence-corrected chi connectivity index (χ0v) is 14.3. The van der Waals surface area contributed by atoms with E-state index in [-0.39, 0.29) is 17.9 Å². The molecular formula is C18H20N2O3S. The molecule has 0 radical (unpaired) electrons. The second kappa shape index (κ2) is 6.53. The van der Waals surface area contributed by atoms with Gasteiger partial charge in [-0.3, -0.25) is 9.59 Å². The van der Waals surface area contributed by atoms with Crippen molar-refractivity contribution in [3.8, 4) is 0 Å². The molecule has 1 aromatic carbocycles. The highest BCUT2D eigenvalue weighted by atomic mass is 32.1. The first-order valence-electron chi connectivity index (χ1n) is 8.40. The van der Waals surface area contributed by atoms with E-state index in [0.29, 0.717) is 32.8 Å². The molecule has 2 saturated heterocycles. The fourth-order valence-electron chi connectivity index (χ4n) is 3.42. The highest BCUT2D eigenvalue weighted by Crippen LogP contribution is 2.27. The fraction of sp³-hybridized carbons (Fsp3) is 0.444. The van der Waals surface area contributed by atoms with E-state index in [1.807, 2.05) is 39.4 Å². The molecule has 2 aliphatic rings. The van der Waals surface area contributed by atoms with E-state index in [0.717, 1.165) is 28.5 Å². The van der Waals surface area contributed by atoms with Gasteiger partial charge < -0.3 is 14.5 Å². The Balaban J connectivity index is 1.42. The Morgan fingerprint density at radius 3 is 2.58 bits per heavy atom. The first-order chi connectivity index (χ1) is 11.7. The summed E-state index contributed by atoms with van der Waals surface area (Å²) in [4.78, 5) is 28.9. The number of amides is 2. The van der Waals surface area contributed by atoms with E-state index in [2.05, 4.69) is 0 Å². The second-order valence-corrected chi connectivity index (χ2v) is 7.18. The summed E-state index contributed by atoms with van der Waals surface area (Å²) in [6, 6.07) is 7.98. The molecule has 0 spiro atoms. The van der Waals surface area contributed by atoms with E-state index in [9.17, 15) is 9.59 Å². The molecule has 126 valence electrons. The smallest absolute Gasteiger partial charge is 0.255 e. The van der Waals surface area contributed by atoms with Gasteiger partial charge in [0.25, 0.3) is 11.8 Å². The van der Waals surface area contributed by atoms with Crippen LogP contribution in [0.3, 0.4) is 0 Å². The van der Waals surface area contributed by atoms with Gasteiger partial charge in [0, 0.05) is 48.3 Å². The maximum Gasteiger partial charge on any atom is 0.255 e. The first kappa shape index (κ1) is 15.6. The van der Waals surface area contributed by atoms with Gasteiger partial charge in [0.2, 0.25) is 0 Å². The summed E-state index contributed by atoms with van der Waals surface area (Å²) >= 11 is 1.60. The van der Waals surface area contributed by atoms with Crippen LogP contribution in [0.1, 0.15) is 23.2 Å². The molecule has 0 aliphatic carbocycles. The van der Waals surface area contributed by atoms with Crippen molar-refractivity contribution >= 4 is 33.2 Å². The molecule has 2 aromatic rings. The van der Waals surface area contributed by atoms with Crippen molar-refractivity contribution in [2.24, 2.45) is 0 Å². The molecule has 6 heteroatoms. The molecule has 2 aliphatic heterocycles. The lowest BCUT2D eigenvalue weighted by atomic mass is 10.1. The minimum atomic E-state index is -0.270. The zero-order valence-electron chi connectivity index (χ0n) is 13.4. The first-order valence-corrected chi connectivity index (χ1v) is 9.28. The number of fused-ring (bicyclic) bond motifs is 1. The normalized spacial score (nSPS) is 21.4. The van der Waals surface area contributed by atoms with Crippen LogP contribution in [0.2, 0.25) is 0 Å². The topological polar surface area (TPSA) is 49.9 Å². The maximum atomic E-state index is 12.8. The van der Waals surface area contributed by atoms with Crippen molar-refractivity contribution in [1.82, 2.24) is 9.80 Å². The van der Waals surface area contributed by atoms with Crippen molar-refractivity contribution in [3.63, 3.8) is 0 Å². The summed E-state index contributed by atoms with van der Waals surface area (Å²) < 4.78 is 6.61. The summed E-state index contributed by atoms with van der Waals surface area (Å²) in [5.74, 6) is 0.150. The van der Waals surface area contributed by atoms with Crippen molar-refractivity contribution in [2.45, 2.75) is 18.9 Å². The molecule has 0 bridgehead atoms. The Bertz CT molecular complexity index is 758. The number of carbonyl (C=O) groups excluding carboxylic acids is 2. The van der Waals surface area contributed by atoms with Gasteiger partial charge in [-0.05, 0) is 18.9 Å². The van der Waals surface area contributed by atoms with Crippen molar-refractivity contribution < 1.29 is 14.3 Å². The van der Waals surface area contributed by atoms with Gasteiger partial charge in [-0.1, -0.05) is 18.2 Å².